The normalized spacial score (nSPS) is 11.9. The van der Waals surface area contributed by atoms with E-state index in [1.165, 1.54) is 6.20 Å². The van der Waals surface area contributed by atoms with Crippen LogP contribution in [0.1, 0.15) is 5.82 Å². The molecule has 0 amide bonds. The number of halogens is 1. The Labute approximate surface area is 87.1 Å². The second-order valence-electron chi connectivity index (χ2n) is 2.71. The van der Waals surface area contributed by atoms with Gasteiger partial charge in [0.1, 0.15) is 11.6 Å². The van der Waals surface area contributed by atoms with Gasteiger partial charge in [-0.2, -0.15) is 0 Å². The molecule has 1 aromatic heterocycles. The van der Waals surface area contributed by atoms with E-state index in [-0.39, 0.29) is 5.75 Å². The molecule has 0 bridgehead atoms. The van der Waals surface area contributed by atoms with Crippen LogP contribution in [0.5, 0.6) is 0 Å². The molecule has 0 saturated carbocycles. The van der Waals surface area contributed by atoms with Crippen LogP contribution in [-0.2, 0) is 26.1 Å². The maximum atomic E-state index is 10.8. The van der Waals surface area contributed by atoms with Gasteiger partial charge in [-0.1, -0.05) is 0 Å². The number of nitrogens with zero attached hydrogens (tertiary/aromatic N) is 2. The van der Waals surface area contributed by atoms with Crippen LogP contribution < -0.4 is 0 Å². The van der Waals surface area contributed by atoms with Crippen LogP contribution in [0.2, 0.25) is 0 Å². The number of ether oxygens (including phenoxy) is 1. The summed E-state index contributed by atoms with van der Waals surface area (Å²) in [5.74, 6) is 0.169. The Morgan fingerprint density at radius 1 is 1.64 bits per heavy atom. The van der Waals surface area contributed by atoms with Crippen molar-refractivity contribution in [3.63, 3.8) is 0 Å². The summed E-state index contributed by atoms with van der Waals surface area (Å²) in [5.41, 5.74) is 0. The van der Waals surface area contributed by atoms with Gasteiger partial charge in [0.05, 0.1) is 6.61 Å². The average molecular weight is 239 g/mol. The molecule has 7 heteroatoms. The summed E-state index contributed by atoms with van der Waals surface area (Å²) < 4.78 is 28.2. The van der Waals surface area contributed by atoms with E-state index in [0.717, 1.165) is 0 Å². The third-order valence-electron chi connectivity index (χ3n) is 1.64. The summed E-state index contributed by atoms with van der Waals surface area (Å²) in [6.07, 6.45) is 3.23. The standard InChI is InChI=1S/C7H11ClN2O3S/c1-13-5-4-10-3-2-9-7(10)6-14(8,11)12/h2-3H,4-6H2,1H3. The fraction of sp³-hybridized carbons (Fsp3) is 0.571. The van der Waals surface area contributed by atoms with Crippen LogP contribution in [0.3, 0.4) is 0 Å². The predicted molar refractivity (Wildman–Crippen MR) is 52.6 cm³/mol. The quantitative estimate of drug-likeness (QED) is 0.705. The first-order valence-electron chi connectivity index (χ1n) is 3.94. The van der Waals surface area contributed by atoms with E-state index in [1.807, 2.05) is 0 Å². The number of hydrogen-bond acceptors (Lipinski definition) is 4. The lowest BCUT2D eigenvalue weighted by atomic mass is 10.6. The van der Waals surface area contributed by atoms with Crippen molar-refractivity contribution in [3.8, 4) is 0 Å². The fourth-order valence-corrected chi connectivity index (χ4v) is 1.87. The maximum absolute atomic E-state index is 10.8. The summed E-state index contributed by atoms with van der Waals surface area (Å²) >= 11 is 0. The van der Waals surface area contributed by atoms with Gasteiger partial charge in [0, 0.05) is 36.7 Å². The Hall–Kier alpha value is -0.590. The second kappa shape index (κ2) is 4.77. The number of aromatic nitrogens is 2. The van der Waals surface area contributed by atoms with Crippen molar-refractivity contribution in [3.05, 3.63) is 18.2 Å². The Kier molecular flexibility index (Phi) is 3.91. The van der Waals surface area contributed by atoms with Crippen LogP contribution in [0.15, 0.2) is 12.4 Å². The highest BCUT2D eigenvalue weighted by Crippen LogP contribution is 2.07. The van der Waals surface area contributed by atoms with E-state index in [4.69, 9.17) is 15.4 Å². The van der Waals surface area contributed by atoms with Crippen LogP contribution in [0.4, 0.5) is 0 Å². The first kappa shape index (κ1) is 11.5. The molecule has 1 heterocycles. The lowest BCUT2D eigenvalue weighted by Crippen LogP contribution is -2.09. The molecule has 1 rings (SSSR count). The SMILES string of the molecule is COCCn1ccnc1CS(=O)(=O)Cl. The molecule has 0 unspecified atom stereocenters. The fourth-order valence-electron chi connectivity index (χ4n) is 1.03. The summed E-state index contributed by atoms with van der Waals surface area (Å²) in [5, 5.41) is 0. The molecule has 14 heavy (non-hydrogen) atoms. The molecule has 0 atom stereocenters. The van der Waals surface area contributed by atoms with Gasteiger partial charge in [-0.3, -0.25) is 0 Å². The van der Waals surface area contributed by atoms with Crippen LogP contribution in [0, 0.1) is 0 Å². The minimum Gasteiger partial charge on any atom is -0.383 e. The molecule has 0 N–H and O–H groups in total. The van der Waals surface area contributed by atoms with Crippen molar-refractivity contribution in [2.45, 2.75) is 12.3 Å². The second-order valence-corrected chi connectivity index (χ2v) is 5.49. The molecule has 0 aromatic carbocycles. The van der Waals surface area contributed by atoms with Gasteiger partial charge in [0.15, 0.2) is 0 Å². The number of methoxy groups -OCH3 is 1. The van der Waals surface area contributed by atoms with Crippen LogP contribution in [-0.4, -0.2) is 31.7 Å². The highest BCUT2D eigenvalue weighted by Gasteiger charge is 2.11. The molecule has 80 valence electrons. The highest BCUT2D eigenvalue weighted by atomic mass is 35.7. The zero-order chi connectivity index (χ0) is 10.6. The highest BCUT2D eigenvalue weighted by molar-refractivity contribution is 8.13. The van der Waals surface area contributed by atoms with Crippen LogP contribution in [0.25, 0.3) is 0 Å². The van der Waals surface area contributed by atoms with Gasteiger partial charge in [-0.15, -0.1) is 0 Å². The molecular formula is C7H11ClN2O3S. The molecule has 0 aliphatic heterocycles. The summed E-state index contributed by atoms with van der Waals surface area (Å²) in [7, 11) is 3.15. The zero-order valence-electron chi connectivity index (χ0n) is 7.68. The van der Waals surface area contributed by atoms with Crippen molar-refractivity contribution in [1.29, 1.82) is 0 Å². The van der Waals surface area contributed by atoms with Crippen molar-refractivity contribution >= 4 is 19.7 Å². The van der Waals surface area contributed by atoms with Crippen molar-refractivity contribution in [1.82, 2.24) is 9.55 Å². The topological polar surface area (TPSA) is 61.2 Å². The van der Waals surface area contributed by atoms with E-state index in [0.29, 0.717) is 19.0 Å². The van der Waals surface area contributed by atoms with Gasteiger partial charge in [0.2, 0.25) is 9.05 Å². The molecule has 0 saturated heterocycles. The predicted octanol–water partition coefficient (Wildman–Crippen LogP) is 0.598. The molecule has 0 fully saturated rings. The lowest BCUT2D eigenvalue weighted by molar-refractivity contribution is 0.186. The molecule has 0 aliphatic carbocycles. The van der Waals surface area contributed by atoms with E-state index >= 15 is 0 Å². The largest absolute Gasteiger partial charge is 0.383 e. The van der Waals surface area contributed by atoms with Crippen molar-refractivity contribution in [2.24, 2.45) is 0 Å². The number of rotatable bonds is 5. The third kappa shape index (κ3) is 3.65. The Morgan fingerprint density at radius 3 is 2.93 bits per heavy atom. The smallest absolute Gasteiger partial charge is 0.239 e. The summed E-state index contributed by atoms with van der Waals surface area (Å²) in [6, 6.07) is 0. The Bertz CT molecular complexity index is 387. The minimum atomic E-state index is -3.55. The van der Waals surface area contributed by atoms with E-state index < -0.39 is 9.05 Å². The van der Waals surface area contributed by atoms with Crippen molar-refractivity contribution in [2.75, 3.05) is 13.7 Å². The molecule has 0 aliphatic rings. The molecule has 0 radical (unpaired) electrons. The minimum absolute atomic E-state index is 0.259. The van der Waals surface area contributed by atoms with Gasteiger partial charge >= 0.3 is 0 Å². The molecule has 5 nitrogen and oxygen atoms in total. The van der Waals surface area contributed by atoms with Crippen molar-refractivity contribution < 1.29 is 13.2 Å². The first-order valence-corrected chi connectivity index (χ1v) is 6.42. The third-order valence-corrected chi connectivity index (χ3v) is 2.57. The molecule has 1 aromatic rings. The summed E-state index contributed by atoms with van der Waals surface area (Å²) in [4.78, 5) is 3.90. The zero-order valence-corrected chi connectivity index (χ0v) is 9.25. The monoisotopic (exact) mass is 238 g/mol. The van der Waals surface area contributed by atoms with Gasteiger partial charge in [-0.25, -0.2) is 13.4 Å². The van der Waals surface area contributed by atoms with Gasteiger partial charge < -0.3 is 9.30 Å². The average Bonchev–Trinajstić information content (AvgIpc) is 2.45. The Balaban J connectivity index is 2.72. The van der Waals surface area contributed by atoms with E-state index in [2.05, 4.69) is 4.98 Å². The van der Waals surface area contributed by atoms with E-state index in [9.17, 15) is 8.42 Å². The maximum Gasteiger partial charge on any atom is 0.239 e. The first-order chi connectivity index (χ1) is 6.53. The Morgan fingerprint density at radius 2 is 2.36 bits per heavy atom. The van der Waals surface area contributed by atoms with Crippen LogP contribution >= 0.6 is 10.7 Å². The van der Waals surface area contributed by atoms with E-state index in [1.54, 1.807) is 17.9 Å². The lowest BCUT2D eigenvalue weighted by Gasteiger charge is -2.04. The summed E-state index contributed by atoms with van der Waals surface area (Å²) in [6.45, 7) is 1.07. The van der Waals surface area contributed by atoms with Gasteiger partial charge in [0.25, 0.3) is 0 Å². The number of hydrogen-bond donors (Lipinski definition) is 0. The molecule has 0 spiro atoms. The number of imidazole rings is 1. The molecular weight excluding hydrogens is 228 g/mol. The van der Waals surface area contributed by atoms with Gasteiger partial charge in [-0.05, 0) is 0 Å².